The Bertz CT molecular complexity index is 1420. The van der Waals surface area contributed by atoms with Crippen LogP contribution in [0.1, 0.15) is 71.8 Å². The maximum absolute atomic E-state index is 15.7. The fourth-order valence-corrected chi connectivity index (χ4v) is 7.40. The number of nitrogens with zero attached hydrogens (tertiary/aromatic N) is 4. The average Bonchev–Trinajstić information content (AvgIpc) is 3.51. The molecule has 2 aromatic rings. The Morgan fingerprint density at radius 2 is 1.93 bits per heavy atom. The van der Waals surface area contributed by atoms with E-state index in [1.54, 1.807) is 25.7 Å². The van der Waals surface area contributed by atoms with Crippen LogP contribution >= 0.6 is 15.9 Å². The van der Waals surface area contributed by atoms with Gasteiger partial charge >= 0.3 is 18.3 Å². The van der Waals surface area contributed by atoms with Gasteiger partial charge in [-0.25, -0.2) is 18.0 Å². The zero-order valence-electron chi connectivity index (χ0n) is 26.3. The van der Waals surface area contributed by atoms with E-state index in [1.165, 1.54) is 11.8 Å². The molecule has 2 unspecified atom stereocenters. The lowest BCUT2D eigenvalue weighted by molar-refractivity contribution is -0.138. The van der Waals surface area contributed by atoms with Crippen LogP contribution in [0.3, 0.4) is 0 Å². The Kier molecular flexibility index (Phi) is 10.2. The van der Waals surface area contributed by atoms with Crippen molar-refractivity contribution in [3.8, 4) is 6.01 Å². The van der Waals surface area contributed by atoms with E-state index in [1.807, 2.05) is 0 Å². The van der Waals surface area contributed by atoms with Gasteiger partial charge in [0.15, 0.2) is 5.82 Å². The third-order valence-corrected chi connectivity index (χ3v) is 9.51. The molecule has 1 N–H and O–H groups in total. The number of ether oxygens (including phenoxy) is 2. The number of carbonyl (C=O) groups excluding carboxylic acids is 1. The molecule has 1 aromatic carbocycles. The molecule has 6 atom stereocenters. The van der Waals surface area contributed by atoms with Crippen molar-refractivity contribution in [2.75, 3.05) is 31.1 Å². The Balaban J connectivity index is 1.55. The number of halogens is 7. The van der Waals surface area contributed by atoms with Crippen LogP contribution in [-0.4, -0.2) is 83.3 Å². The van der Waals surface area contributed by atoms with Gasteiger partial charge in [-0.2, -0.15) is 23.1 Å². The molecule has 5 rings (SSSR count). The Hall–Kier alpha value is -2.55. The van der Waals surface area contributed by atoms with Gasteiger partial charge in [-0.1, -0.05) is 0 Å². The highest BCUT2D eigenvalue weighted by atomic mass is 79.9. The minimum Gasteiger partial charge on any atom is -0.463 e. The number of aromatic nitrogens is 2. The number of anilines is 1. The van der Waals surface area contributed by atoms with Gasteiger partial charge in [-0.05, 0) is 101 Å². The molecule has 0 spiro atoms. The van der Waals surface area contributed by atoms with Gasteiger partial charge in [0.2, 0.25) is 0 Å². The molecule has 2 bridgehead atoms. The summed E-state index contributed by atoms with van der Waals surface area (Å²) in [6, 6.07) is -0.707. The first-order valence-electron chi connectivity index (χ1n) is 15.7. The summed E-state index contributed by atoms with van der Waals surface area (Å²) >= 11 is 2.77. The van der Waals surface area contributed by atoms with Crippen molar-refractivity contribution in [3.63, 3.8) is 0 Å². The Morgan fingerprint density at radius 3 is 2.61 bits per heavy atom. The Morgan fingerprint density at radius 1 is 1.20 bits per heavy atom. The highest BCUT2D eigenvalue weighted by Gasteiger charge is 2.52. The zero-order chi connectivity index (χ0) is 33.6. The second-order valence-electron chi connectivity index (χ2n) is 13.6. The monoisotopic (exact) mass is 723 g/mol. The van der Waals surface area contributed by atoms with Crippen molar-refractivity contribution < 1.29 is 40.6 Å². The van der Waals surface area contributed by atoms with Crippen LogP contribution in [0.5, 0.6) is 6.01 Å². The molecule has 3 aliphatic heterocycles. The van der Waals surface area contributed by atoms with Gasteiger partial charge in [-0.15, -0.1) is 0 Å². The van der Waals surface area contributed by atoms with Crippen molar-refractivity contribution in [2.24, 2.45) is 5.92 Å². The lowest BCUT2D eigenvalue weighted by atomic mass is 9.94. The molecular weight excluding hydrogens is 684 g/mol. The fourth-order valence-electron chi connectivity index (χ4n) is 6.88. The quantitative estimate of drug-likeness (QED) is 0.299. The van der Waals surface area contributed by atoms with Gasteiger partial charge in [0.1, 0.15) is 29.3 Å². The van der Waals surface area contributed by atoms with Crippen molar-refractivity contribution >= 4 is 38.7 Å². The number of fused-ring (bicyclic) bond motifs is 3. The van der Waals surface area contributed by atoms with E-state index in [0.29, 0.717) is 32.2 Å². The predicted molar refractivity (Wildman–Crippen MR) is 164 cm³/mol. The summed E-state index contributed by atoms with van der Waals surface area (Å²) in [6.07, 6.45) is -4.74. The second kappa shape index (κ2) is 13.5. The van der Waals surface area contributed by atoms with Crippen molar-refractivity contribution in [1.29, 1.82) is 0 Å². The zero-order valence-corrected chi connectivity index (χ0v) is 27.9. The smallest absolute Gasteiger partial charge is 0.417 e. The number of hydrogen-bond donors (Lipinski definition) is 1. The summed E-state index contributed by atoms with van der Waals surface area (Å²) in [5.41, 5.74) is -2.43. The average molecular weight is 725 g/mol. The molecule has 256 valence electrons. The van der Waals surface area contributed by atoms with Crippen LogP contribution in [0.25, 0.3) is 10.9 Å². The van der Waals surface area contributed by atoms with Crippen LogP contribution in [0.2, 0.25) is 0 Å². The Labute approximate surface area is 272 Å². The first-order chi connectivity index (χ1) is 21.5. The summed E-state index contributed by atoms with van der Waals surface area (Å²) in [5.74, 6) is -1.35. The summed E-state index contributed by atoms with van der Waals surface area (Å²) in [6.45, 7) is 7.15. The van der Waals surface area contributed by atoms with Crippen molar-refractivity contribution in [2.45, 2.75) is 108 Å². The van der Waals surface area contributed by atoms with E-state index in [2.05, 4.69) is 31.2 Å². The molecule has 1 aromatic heterocycles. The van der Waals surface area contributed by atoms with Gasteiger partial charge in [0.05, 0.1) is 35.3 Å². The lowest BCUT2D eigenvalue weighted by Crippen LogP contribution is -2.51. The topological polar surface area (TPSA) is 79.8 Å². The van der Waals surface area contributed by atoms with Gasteiger partial charge in [0, 0.05) is 18.0 Å². The largest absolute Gasteiger partial charge is 0.463 e. The molecule has 0 saturated carbocycles. The number of rotatable bonds is 7. The highest BCUT2D eigenvalue weighted by molar-refractivity contribution is 9.10. The number of alkyl halides is 5. The SMILES string of the molecule is CC(F)CN(C(=O)OC(C)(C)C)C1C[C@H]2CC[C@@H]1N2c1nc(OC[C@@H]2CCCNC[C@H](F)C2)nc2c(F)c(Br)c(C(F)(F)F)cc12. The molecule has 3 aliphatic rings. The summed E-state index contributed by atoms with van der Waals surface area (Å²) in [4.78, 5) is 25.2. The first kappa shape index (κ1) is 34.8. The molecule has 4 heterocycles. The van der Waals surface area contributed by atoms with E-state index in [-0.39, 0.29) is 60.8 Å². The number of carbonyl (C=O) groups is 1. The predicted octanol–water partition coefficient (Wildman–Crippen LogP) is 7.36. The van der Waals surface area contributed by atoms with E-state index in [4.69, 9.17) is 9.47 Å². The molecule has 0 radical (unpaired) electrons. The van der Waals surface area contributed by atoms with Crippen LogP contribution in [0.4, 0.5) is 37.0 Å². The molecule has 3 fully saturated rings. The normalized spacial score (nSPS) is 26.2. The fraction of sp³-hybridized carbons (Fsp3) is 0.710. The van der Waals surface area contributed by atoms with Crippen LogP contribution in [-0.2, 0) is 10.9 Å². The summed E-state index contributed by atoms with van der Waals surface area (Å²) in [5, 5.41) is 2.88. The summed E-state index contributed by atoms with van der Waals surface area (Å²) in [7, 11) is 0. The third-order valence-electron chi connectivity index (χ3n) is 8.73. The van der Waals surface area contributed by atoms with Crippen molar-refractivity contribution in [3.05, 3.63) is 21.9 Å². The highest BCUT2D eigenvalue weighted by Crippen LogP contribution is 2.47. The van der Waals surface area contributed by atoms with Gasteiger partial charge in [0.25, 0.3) is 0 Å². The van der Waals surface area contributed by atoms with Crippen LogP contribution in [0, 0.1) is 11.7 Å². The number of amides is 1. The molecule has 1 amide bonds. The number of hydrogen-bond acceptors (Lipinski definition) is 7. The maximum atomic E-state index is 15.7. The first-order valence-corrected chi connectivity index (χ1v) is 16.5. The molecule has 8 nitrogen and oxygen atoms in total. The minimum atomic E-state index is -4.88. The standard InChI is InChI=1S/C31H40BrF6N5O3/c1-16(33)14-42(29(44)46-30(2,3)4)23-11-19-7-8-22(23)43(19)27-20-12-21(31(36,37)38)24(32)25(35)26(20)40-28(41-27)45-15-17-6-5-9-39-13-18(34)10-17/h12,16-19,22-23,39H,5-11,13-15H2,1-4H3/t16?,17-,18-,19-,22+,23?/m1/s1. The minimum absolute atomic E-state index is 0.0366. The van der Waals surface area contributed by atoms with Crippen molar-refractivity contribution in [1.82, 2.24) is 20.2 Å². The van der Waals surface area contributed by atoms with E-state index >= 15 is 4.39 Å². The molecule has 46 heavy (non-hydrogen) atoms. The van der Waals surface area contributed by atoms with E-state index in [0.717, 1.165) is 12.5 Å². The second-order valence-corrected chi connectivity index (χ2v) is 14.3. The van der Waals surface area contributed by atoms with Gasteiger partial charge < -0.3 is 24.6 Å². The maximum Gasteiger partial charge on any atom is 0.417 e. The molecule has 15 heteroatoms. The lowest BCUT2D eigenvalue weighted by Gasteiger charge is -2.36. The van der Waals surface area contributed by atoms with Crippen LogP contribution < -0.4 is 15.0 Å². The van der Waals surface area contributed by atoms with Gasteiger partial charge in [-0.3, -0.25) is 0 Å². The summed E-state index contributed by atoms with van der Waals surface area (Å²) < 4.78 is 97.3. The molecule has 0 aliphatic carbocycles. The number of benzene rings is 1. The number of nitrogens with one attached hydrogen (secondary N) is 1. The van der Waals surface area contributed by atoms with Crippen LogP contribution in [0.15, 0.2) is 10.5 Å². The third kappa shape index (κ3) is 7.60. The molecular formula is C31H40BrF6N5O3. The van der Waals surface area contributed by atoms with E-state index in [9.17, 15) is 26.7 Å². The molecule has 3 saturated heterocycles. The van der Waals surface area contributed by atoms with E-state index < -0.39 is 58.2 Å².